The van der Waals surface area contributed by atoms with Crippen LogP contribution < -0.4 is 10.6 Å². The van der Waals surface area contributed by atoms with Crippen molar-refractivity contribution < 1.29 is 14.1 Å². The van der Waals surface area contributed by atoms with Crippen LogP contribution in [0.4, 0.5) is 27.3 Å². The largest absolute Gasteiger partial charge is 0.380 e. The first-order valence-corrected chi connectivity index (χ1v) is 8.06. The molecule has 1 aromatic carbocycles. The third-order valence-corrected chi connectivity index (χ3v) is 4.07. The van der Waals surface area contributed by atoms with E-state index in [0.717, 1.165) is 19.4 Å². The van der Waals surface area contributed by atoms with Gasteiger partial charge in [0.15, 0.2) is 0 Å². The minimum Gasteiger partial charge on any atom is -0.380 e. The number of hydrogen-bond acceptors (Lipinski definition) is 6. The lowest BCUT2D eigenvalue weighted by atomic mass is 10.2. The van der Waals surface area contributed by atoms with Crippen LogP contribution in [0, 0.1) is 22.9 Å². The van der Waals surface area contributed by atoms with Gasteiger partial charge in [-0.2, -0.15) is 0 Å². The smallest absolute Gasteiger partial charge is 0.290 e. The molecule has 1 aliphatic rings. The van der Waals surface area contributed by atoms with Gasteiger partial charge in [0.2, 0.25) is 0 Å². The second-order valence-corrected chi connectivity index (χ2v) is 5.95. The molecule has 0 aliphatic carbocycles. The highest BCUT2D eigenvalue weighted by Gasteiger charge is 2.16. The number of ether oxygens (including phenoxy) is 1. The molecule has 2 aromatic rings. The van der Waals surface area contributed by atoms with Crippen LogP contribution >= 0.6 is 0 Å². The fourth-order valence-corrected chi connectivity index (χ4v) is 2.72. The van der Waals surface area contributed by atoms with Crippen LogP contribution in [0.2, 0.25) is 0 Å². The number of aryl methyl sites for hydroxylation is 1. The van der Waals surface area contributed by atoms with Gasteiger partial charge in [-0.1, -0.05) is 0 Å². The summed E-state index contributed by atoms with van der Waals surface area (Å²) in [6.07, 6.45) is 3.34. The molecule has 1 saturated heterocycles. The van der Waals surface area contributed by atoms with Gasteiger partial charge in [0.05, 0.1) is 16.7 Å². The maximum atomic E-state index is 14.2. The van der Waals surface area contributed by atoms with Crippen LogP contribution in [0.3, 0.4) is 0 Å². The number of nitrogens with one attached hydrogen (secondary N) is 2. The van der Waals surface area contributed by atoms with E-state index >= 15 is 0 Å². The van der Waals surface area contributed by atoms with Crippen LogP contribution in [-0.4, -0.2) is 29.2 Å². The van der Waals surface area contributed by atoms with Crippen LogP contribution in [0.5, 0.6) is 0 Å². The van der Waals surface area contributed by atoms with Gasteiger partial charge >= 0.3 is 0 Å². The number of aromatic nitrogens is 1. The number of benzene rings is 1. The minimum absolute atomic E-state index is 0.0505. The summed E-state index contributed by atoms with van der Waals surface area (Å²) in [4.78, 5) is 14.3. The number of halogens is 1. The lowest BCUT2D eigenvalue weighted by molar-refractivity contribution is -0.385. The van der Waals surface area contributed by atoms with E-state index in [1.165, 1.54) is 12.3 Å². The van der Waals surface area contributed by atoms with Crippen LogP contribution in [0.15, 0.2) is 30.5 Å². The number of anilines is 3. The lowest BCUT2D eigenvalue weighted by Crippen LogP contribution is -2.18. The molecule has 0 bridgehead atoms. The molecule has 25 heavy (non-hydrogen) atoms. The maximum absolute atomic E-state index is 14.2. The fraction of sp³-hybridized carbons (Fsp3) is 0.353. The molecule has 0 saturated carbocycles. The fourth-order valence-electron chi connectivity index (χ4n) is 2.72. The highest BCUT2D eigenvalue weighted by Crippen LogP contribution is 2.24. The molecule has 1 unspecified atom stereocenters. The van der Waals surface area contributed by atoms with E-state index in [9.17, 15) is 14.5 Å². The molecule has 132 valence electrons. The highest BCUT2D eigenvalue weighted by molar-refractivity contribution is 5.62. The van der Waals surface area contributed by atoms with E-state index in [0.29, 0.717) is 29.3 Å². The molecule has 1 atom stereocenters. The topological polar surface area (TPSA) is 89.3 Å². The normalized spacial score (nSPS) is 16.6. The second-order valence-electron chi connectivity index (χ2n) is 5.95. The lowest BCUT2D eigenvalue weighted by Gasteiger charge is -2.13. The van der Waals surface area contributed by atoms with Crippen molar-refractivity contribution in [2.45, 2.75) is 25.9 Å². The molecule has 1 fully saturated rings. The molecule has 1 aliphatic heterocycles. The van der Waals surface area contributed by atoms with Gasteiger partial charge < -0.3 is 15.4 Å². The van der Waals surface area contributed by atoms with Crippen molar-refractivity contribution in [2.24, 2.45) is 0 Å². The molecule has 3 rings (SSSR count). The summed E-state index contributed by atoms with van der Waals surface area (Å²) in [6, 6.07) is 6.28. The van der Waals surface area contributed by atoms with E-state index in [2.05, 4.69) is 15.6 Å². The number of rotatable bonds is 6. The number of nitrogens with zero attached hydrogens (tertiary/aromatic N) is 2. The Bertz CT molecular complexity index is 778. The molecule has 7 nitrogen and oxygen atoms in total. The number of nitro groups is 1. The molecule has 8 heteroatoms. The van der Waals surface area contributed by atoms with Gasteiger partial charge in [0.25, 0.3) is 5.69 Å². The van der Waals surface area contributed by atoms with Gasteiger partial charge in [0.1, 0.15) is 17.8 Å². The Balaban J connectivity index is 1.66. The summed E-state index contributed by atoms with van der Waals surface area (Å²) in [7, 11) is 0. The number of hydrogen-bond donors (Lipinski definition) is 2. The van der Waals surface area contributed by atoms with Crippen molar-refractivity contribution in [1.82, 2.24) is 4.98 Å². The zero-order valence-corrected chi connectivity index (χ0v) is 13.8. The number of pyridine rings is 1. The standard InChI is InChI=1S/C17H19FN4O3/c1-11-7-17(20-10-16(11)22(23)24)21-12-4-5-15(14(18)8-12)19-9-13-3-2-6-25-13/h4-5,7-8,10,13,19H,2-3,6,9H2,1H3,(H,20,21). The third kappa shape index (κ3) is 4.21. The van der Waals surface area contributed by atoms with Gasteiger partial charge in [0, 0.05) is 24.4 Å². The quantitative estimate of drug-likeness (QED) is 0.611. The SMILES string of the molecule is Cc1cc(Nc2ccc(NCC3CCCO3)c(F)c2)ncc1[N+](=O)[O-]. The van der Waals surface area contributed by atoms with Crippen molar-refractivity contribution in [3.8, 4) is 0 Å². The molecule has 0 spiro atoms. The summed E-state index contributed by atoms with van der Waals surface area (Å²) in [5.74, 6) is 0.0317. The average molecular weight is 346 g/mol. The predicted octanol–water partition coefficient (Wildman–Crippen LogP) is 3.77. The molecule has 2 N–H and O–H groups in total. The van der Waals surface area contributed by atoms with Gasteiger partial charge in [-0.25, -0.2) is 9.37 Å². The van der Waals surface area contributed by atoms with Gasteiger partial charge in [-0.3, -0.25) is 10.1 Å². The summed E-state index contributed by atoms with van der Waals surface area (Å²) in [6.45, 7) is 2.97. The molecule has 0 radical (unpaired) electrons. The third-order valence-electron chi connectivity index (χ3n) is 4.07. The van der Waals surface area contributed by atoms with Crippen molar-refractivity contribution in [2.75, 3.05) is 23.8 Å². The van der Waals surface area contributed by atoms with Crippen LogP contribution in [0.1, 0.15) is 18.4 Å². The zero-order chi connectivity index (χ0) is 17.8. The summed E-state index contributed by atoms with van der Waals surface area (Å²) >= 11 is 0. The Morgan fingerprint density at radius 1 is 1.44 bits per heavy atom. The van der Waals surface area contributed by atoms with Crippen molar-refractivity contribution in [1.29, 1.82) is 0 Å². The zero-order valence-electron chi connectivity index (χ0n) is 13.8. The van der Waals surface area contributed by atoms with Crippen molar-refractivity contribution in [3.05, 3.63) is 52.0 Å². The molecule has 0 amide bonds. The summed E-state index contributed by atoms with van der Waals surface area (Å²) in [5, 5.41) is 16.8. The first kappa shape index (κ1) is 17.1. The molecule has 1 aromatic heterocycles. The van der Waals surface area contributed by atoms with E-state index in [4.69, 9.17) is 4.74 Å². The Hall–Kier alpha value is -2.74. The van der Waals surface area contributed by atoms with E-state index in [-0.39, 0.29) is 17.6 Å². The van der Waals surface area contributed by atoms with Crippen LogP contribution in [-0.2, 0) is 4.74 Å². The molecular weight excluding hydrogens is 327 g/mol. The molecular formula is C17H19FN4O3. The van der Waals surface area contributed by atoms with Crippen LogP contribution in [0.25, 0.3) is 0 Å². The summed E-state index contributed by atoms with van der Waals surface area (Å²) in [5.41, 5.74) is 1.36. The first-order valence-electron chi connectivity index (χ1n) is 8.06. The maximum Gasteiger partial charge on any atom is 0.290 e. The first-order chi connectivity index (χ1) is 12.0. The van der Waals surface area contributed by atoms with Crippen molar-refractivity contribution in [3.63, 3.8) is 0 Å². The Morgan fingerprint density at radius 2 is 2.28 bits per heavy atom. The van der Waals surface area contributed by atoms with E-state index in [1.54, 1.807) is 25.1 Å². The Labute approximate surface area is 144 Å². The molecule has 2 heterocycles. The van der Waals surface area contributed by atoms with Gasteiger partial charge in [-0.15, -0.1) is 0 Å². The highest BCUT2D eigenvalue weighted by atomic mass is 19.1. The second kappa shape index (κ2) is 7.43. The van der Waals surface area contributed by atoms with E-state index < -0.39 is 4.92 Å². The summed E-state index contributed by atoms with van der Waals surface area (Å²) < 4.78 is 19.7. The average Bonchev–Trinajstić information content (AvgIpc) is 3.07. The predicted molar refractivity (Wildman–Crippen MR) is 92.8 cm³/mol. The van der Waals surface area contributed by atoms with Gasteiger partial charge in [-0.05, 0) is 44.0 Å². The minimum atomic E-state index is -0.486. The monoisotopic (exact) mass is 346 g/mol. The van der Waals surface area contributed by atoms with Crippen molar-refractivity contribution >= 4 is 22.9 Å². The Kier molecular flexibility index (Phi) is 5.08. The Morgan fingerprint density at radius 3 is 2.92 bits per heavy atom. The van der Waals surface area contributed by atoms with E-state index in [1.807, 2.05) is 0 Å².